The highest BCUT2D eigenvalue weighted by Crippen LogP contribution is 2.57. The van der Waals surface area contributed by atoms with Gasteiger partial charge < -0.3 is 10.5 Å². The topological polar surface area (TPSA) is 70.1 Å². The summed E-state index contributed by atoms with van der Waals surface area (Å²) in [5.41, 5.74) is 7.32. The minimum Gasteiger partial charge on any atom is -0.464 e. The summed E-state index contributed by atoms with van der Waals surface area (Å²) in [6.45, 7) is 4.19. The summed E-state index contributed by atoms with van der Waals surface area (Å²) in [4.78, 5) is 11.6. The number of rotatable bonds is 2. The highest BCUT2D eigenvalue weighted by atomic mass is 16.5. The maximum atomic E-state index is 11.6. The van der Waals surface area contributed by atoms with Crippen LogP contribution in [0.4, 0.5) is 0 Å². The first-order chi connectivity index (χ1) is 7.39. The van der Waals surface area contributed by atoms with E-state index < -0.39 is 5.97 Å². The molecule has 0 spiro atoms. The van der Waals surface area contributed by atoms with Gasteiger partial charge in [0.2, 0.25) is 0 Å². The van der Waals surface area contributed by atoms with Gasteiger partial charge in [-0.1, -0.05) is 13.8 Å². The number of carbonyl (C=O) groups excluding carboxylic acids is 1. The molecule has 88 valence electrons. The van der Waals surface area contributed by atoms with E-state index in [-0.39, 0.29) is 17.4 Å². The fourth-order valence-electron chi connectivity index (χ4n) is 2.26. The molecule has 0 aromatic carbocycles. The molecule has 1 aromatic rings. The Morgan fingerprint density at radius 1 is 1.62 bits per heavy atom. The summed E-state index contributed by atoms with van der Waals surface area (Å²) >= 11 is 0. The summed E-state index contributed by atoms with van der Waals surface area (Å²) in [5.74, 6) is -0.208. The predicted molar refractivity (Wildman–Crippen MR) is 59.0 cm³/mol. The van der Waals surface area contributed by atoms with Gasteiger partial charge in [0, 0.05) is 30.8 Å². The molecule has 0 bridgehead atoms. The molecule has 0 saturated heterocycles. The zero-order valence-corrected chi connectivity index (χ0v) is 10.0. The molecule has 2 rings (SSSR count). The van der Waals surface area contributed by atoms with Gasteiger partial charge in [0.05, 0.1) is 7.11 Å². The quantitative estimate of drug-likeness (QED) is 0.748. The standard InChI is InChI=1S/C11H17N3O2/c1-11(2)7(9(11)12)6-5-14(3)13-8(6)10(15)16-4/h5,7,9H,12H2,1-4H3/t7-,9-/m0/s1. The largest absolute Gasteiger partial charge is 0.464 e. The Labute approximate surface area is 94.6 Å². The van der Waals surface area contributed by atoms with E-state index in [2.05, 4.69) is 18.9 Å². The first-order valence-corrected chi connectivity index (χ1v) is 5.27. The van der Waals surface area contributed by atoms with E-state index in [0.717, 1.165) is 5.56 Å². The summed E-state index contributed by atoms with van der Waals surface area (Å²) in [5, 5.41) is 4.13. The highest BCUT2D eigenvalue weighted by molar-refractivity contribution is 5.89. The lowest BCUT2D eigenvalue weighted by molar-refractivity contribution is 0.0592. The second-order valence-corrected chi connectivity index (χ2v) is 4.92. The molecule has 1 fully saturated rings. The maximum absolute atomic E-state index is 11.6. The number of nitrogens with zero attached hydrogens (tertiary/aromatic N) is 2. The van der Waals surface area contributed by atoms with E-state index in [1.165, 1.54) is 7.11 Å². The van der Waals surface area contributed by atoms with Crippen LogP contribution in [0.3, 0.4) is 0 Å². The fraction of sp³-hybridized carbons (Fsp3) is 0.636. The Morgan fingerprint density at radius 2 is 2.19 bits per heavy atom. The third kappa shape index (κ3) is 1.43. The van der Waals surface area contributed by atoms with Gasteiger partial charge in [-0.15, -0.1) is 0 Å². The van der Waals surface area contributed by atoms with Crippen molar-refractivity contribution in [2.45, 2.75) is 25.8 Å². The first-order valence-electron chi connectivity index (χ1n) is 5.27. The SMILES string of the molecule is COC(=O)c1nn(C)cc1[C@H]1[C@H](N)C1(C)C. The highest BCUT2D eigenvalue weighted by Gasteiger charge is 2.57. The van der Waals surface area contributed by atoms with Crippen molar-refractivity contribution in [3.63, 3.8) is 0 Å². The smallest absolute Gasteiger partial charge is 0.358 e. The molecule has 16 heavy (non-hydrogen) atoms. The molecule has 0 unspecified atom stereocenters. The van der Waals surface area contributed by atoms with Crippen molar-refractivity contribution in [3.05, 3.63) is 17.5 Å². The lowest BCUT2D eigenvalue weighted by Crippen LogP contribution is -2.08. The lowest BCUT2D eigenvalue weighted by Gasteiger charge is -2.01. The van der Waals surface area contributed by atoms with Crippen LogP contribution < -0.4 is 5.73 Å². The molecule has 0 radical (unpaired) electrons. The zero-order chi connectivity index (χ0) is 12.1. The Balaban J connectivity index is 2.39. The van der Waals surface area contributed by atoms with Crippen LogP contribution in [0.5, 0.6) is 0 Å². The van der Waals surface area contributed by atoms with Gasteiger partial charge in [-0.3, -0.25) is 4.68 Å². The number of aryl methyl sites for hydroxylation is 1. The molecule has 5 heteroatoms. The molecule has 2 N–H and O–H groups in total. The van der Waals surface area contributed by atoms with Crippen molar-refractivity contribution in [1.82, 2.24) is 9.78 Å². The number of methoxy groups -OCH3 is 1. The average Bonchev–Trinajstić information content (AvgIpc) is 2.59. The molecule has 1 saturated carbocycles. The number of ether oxygens (including phenoxy) is 1. The first kappa shape index (κ1) is 11.1. The Morgan fingerprint density at radius 3 is 2.62 bits per heavy atom. The van der Waals surface area contributed by atoms with Crippen LogP contribution in [0.15, 0.2) is 6.20 Å². The van der Waals surface area contributed by atoms with Crippen molar-refractivity contribution in [2.75, 3.05) is 7.11 Å². The second kappa shape index (κ2) is 3.31. The second-order valence-electron chi connectivity index (χ2n) is 4.92. The van der Waals surface area contributed by atoms with Crippen molar-refractivity contribution >= 4 is 5.97 Å². The zero-order valence-electron chi connectivity index (χ0n) is 10.0. The van der Waals surface area contributed by atoms with Crippen molar-refractivity contribution in [1.29, 1.82) is 0 Å². The molecule has 1 heterocycles. The Bertz CT molecular complexity index is 436. The summed E-state index contributed by atoms with van der Waals surface area (Å²) < 4.78 is 6.34. The predicted octanol–water partition coefficient (Wildman–Crippen LogP) is 0.657. The van der Waals surface area contributed by atoms with Crippen molar-refractivity contribution in [3.8, 4) is 0 Å². The number of aromatic nitrogens is 2. The number of esters is 1. The fourth-order valence-corrected chi connectivity index (χ4v) is 2.26. The lowest BCUT2D eigenvalue weighted by atomic mass is 10.0. The molecule has 5 nitrogen and oxygen atoms in total. The number of hydrogen-bond acceptors (Lipinski definition) is 4. The average molecular weight is 223 g/mol. The minimum absolute atomic E-state index is 0.0335. The van der Waals surface area contributed by atoms with Gasteiger partial charge in [-0.05, 0) is 5.41 Å². The normalized spacial score (nSPS) is 26.6. The molecule has 2 atom stereocenters. The van der Waals surface area contributed by atoms with E-state index in [1.54, 1.807) is 11.7 Å². The Hall–Kier alpha value is -1.36. The molecular weight excluding hydrogens is 206 g/mol. The van der Waals surface area contributed by atoms with Crippen LogP contribution in [-0.2, 0) is 11.8 Å². The molecule has 1 aliphatic rings. The number of carbonyl (C=O) groups is 1. The van der Waals surface area contributed by atoms with E-state index >= 15 is 0 Å². The van der Waals surface area contributed by atoms with E-state index in [1.807, 2.05) is 6.20 Å². The van der Waals surface area contributed by atoms with Crippen LogP contribution in [0.25, 0.3) is 0 Å². The van der Waals surface area contributed by atoms with Gasteiger partial charge >= 0.3 is 5.97 Å². The summed E-state index contributed by atoms with van der Waals surface area (Å²) in [6, 6.07) is 0.0834. The van der Waals surface area contributed by atoms with E-state index in [9.17, 15) is 4.79 Å². The molecule has 0 aliphatic heterocycles. The van der Waals surface area contributed by atoms with Gasteiger partial charge in [-0.25, -0.2) is 4.79 Å². The molecular formula is C11H17N3O2. The number of nitrogens with two attached hydrogens (primary N) is 1. The van der Waals surface area contributed by atoms with E-state index in [4.69, 9.17) is 10.5 Å². The summed E-state index contributed by atoms with van der Waals surface area (Å²) in [7, 11) is 3.15. The van der Waals surface area contributed by atoms with Crippen molar-refractivity contribution in [2.24, 2.45) is 18.2 Å². The molecule has 1 aliphatic carbocycles. The third-order valence-corrected chi connectivity index (χ3v) is 3.48. The van der Waals surface area contributed by atoms with Crippen LogP contribution in [-0.4, -0.2) is 28.9 Å². The van der Waals surface area contributed by atoms with Gasteiger partial charge in [0.1, 0.15) is 0 Å². The van der Waals surface area contributed by atoms with Crippen LogP contribution in [0.1, 0.15) is 35.8 Å². The van der Waals surface area contributed by atoms with Crippen LogP contribution in [0, 0.1) is 5.41 Å². The third-order valence-electron chi connectivity index (χ3n) is 3.48. The van der Waals surface area contributed by atoms with Gasteiger partial charge in [-0.2, -0.15) is 5.10 Å². The molecule has 0 amide bonds. The van der Waals surface area contributed by atoms with E-state index in [0.29, 0.717) is 5.69 Å². The van der Waals surface area contributed by atoms with Crippen LogP contribution in [0.2, 0.25) is 0 Å². The maximum Gasteiger partial charge on any atom is 0.358 e. The monoisotopic (exact) mass is 223 g/mol. The Kier molecular flexibility index (Phi) is 2.31. The van der Waals surface area contributed by atoms with Crippen molar-refractivity contribution < 1.29 is 9.53 Å². The number of hydrogen-bond donors (Lipinski definition) is 1. The van der Waals surface area contributed by atoms with Crippen LogP contribution >= 0.6 is 0 Å². The summed E-state index contributed by atoms with van der Waals surface area (Å²) in [6.07, 6.45) is 1.85. The van der Waals surface area contributed by atoms with Gasteiger partial charge in [0.25, 0.3) is 0 Å². The minimum atomic E-state index is -0.398. The van der Waals surface area contributed by atoms with Gasteiger partial charge in [0.15, 0.2) is 5.69 Å². The molecule has 1 aromatic heterocycles.